The fourth-order valence-electron chi connectivity index (χ4n) is 3.57. The molecule has 2 aromatic heterocycles. The highest BCUT2D eigenvalue weighted by Gasteiger charge is 2.15. The van der Waals surface area contributed by atoms with Gasteiger partial charge in [-0.15, -0.1) is 0 Å². The lowest BCUT2D eigenvalue weighted by molar-refractivity contribution is 0.0991. The standard InChI is InChI=1S/C27H28N4O4/c1-17(2)22-10-8-18(3)14-25(22)34-16-21-9-11-24(35-21)27(33)29-20-7-5-6-19(15-20)28-26(32)23-12-13-31(4)30-23/h5-15,17H,16H2,1-4H3,(H,28,32)(H,29,33). The predicted octanol–water partition coefficient (Wildman–Crippen LogP) is 5.53. The second-order valence-corrected chi connectivity index (χ2v) is 8.61. The van der Waals surface area contributed by atoms with Crippen LogP contribution >= 0.6 is 0 Å². The van der Waals surface area contributed by atoms with Gasteiger partial charge < -0.3 is 19.8 Å². The van der Waals surface area contributed by atoms with Crippen LogP contribution in [-0.4, -0.2) is 21.6 Å². The molecule has 2 heterocycles. The number of carbonyl (C=O) groups is 2. The number of furan rings is 1. The molecule has 8 heteroatoms. The number of ether oxygens (including phenoxy) is 1. The van der Waals surface area contributed by atoms with E-state index in [-0.39, 0.29) is 18.3 Å². The van der Waals surface area contributed by atoms with E-state index in [1.807, 2.05) is 13.0 Å². The molecule has 0 saturated heterocycles. The third-order valence-electron chi connectivity index (χ3n) is 5.37. The highest BCUT2D eigenvalue weighted by molar-refractivity contribution is 6.04. The molecule has 0 aliphatic heterocycles. The van der Waals surface area contributed by atoms with Crippen molar-refractivity contribution in [2.45, 2.75) is 33.3 Å². The fraction of sp³-hybridized carbons (Fsp3) is 0.222. The van der Waals surface area contributed by atoms with Gasteiger partial charge in [0.05, 0.1) is 0 Å². The van der Waals surface area contributed by atoms with E-state index < -0.39 is 5.91 Å². The highest BCUT2D eigenvalue weighted by Crippen LogP contribution is 2.28. The van der Waals surface area contributed by atoms with Crippen LogP contribution in [0.5, 0.6) is 5.75 Å². The quantitative estimate of drug-likeness (QED) is 0.351. The maximum Gasteiger partial charge on any atom is 0.291 e. The van der Waals surface area contributed by atoms with E-state index in [0.29, 0.717) is 28.7 Å². The first-order valence-electron chi connectivity index (χ1n) is 11.3. The van der Waals surface area contributed by atoms with Gasteiger partial charge in [0.15, 0.2) is 11.5 Å². The maximum atomic E-state index is 12.7. The highest BCUT2D eigenvalue weighted by atomic mass is 16.5. The molecule has 4 aromatic rings. The van der Waals surface area contributed by atoms with Gasteiger partial charge in [-0.05, 0) is 66.4 Å². The summed E-state index contributed by atoms with van der Waals surface area (Å²) in [4.78, 5) is 25.0. The summed E-state index contributed by atoms with van der Waals surface area (Å²) in [5, 5.41) is 9.65. The topological polar surface area (TPSA) is 98.4 Å². The van der Waals surface area contributed by atoms with Crippen LogP contribution in [0.2, 0.25) is 0 Å². The monoisotopic (exact) mass is 472 g/mol. The van der Waals surface area contributed by atoms with E-state index in [1.54, 1.807) is 60.4 Å². The zero-order chi connectivity index (χ0) is 24.9. The SMILES string of the molecule is Cc1ccc(C(C)C)c(OCc2ccc(C(=O)Nc3cccc(NC(=O)c4ccn(C)n4)c3)o2)c1. The molecular formula is C27H28N4O4. The number of aryl methyl sites for hydroxylation is 2. The van der Waals surface area contributed by atoms with Gasteiger partial charge >= 0.3 is 0 Å². The Labute approximate surface area is 203 Å². The summed E-state index contributed by atoms with van der Waals surface area (Å²) in [5.41, 5.74) is 3.59. The van der Waals surface area contributed by atoms with E-state index in [0.717, 1.165) is 16.9 Å². The van der Waals surface area contributed by atoms with Gasteiger partial charge in [-0.25, -0.2) is 0 Å². The fourth-order valence-corrected chi connectivity index (χ4v) is 3.57. The Morgan fingerprint density at radius 1 is 1.00 bits per heavy atom. The molecule has 2 aromatic carbocycles. The molecule has 0 atom stereocenters. The Morgan fingerprint density at radius 3 is 2.43 bits per heavy atom. The summed E-state index contributed by atoms with van der Waals surface area (Å²) in [6, 6.07) is 18.0. The maximum absolute atomic E-state index is 12.7. The number of hydrogen-bond donors (Lipinski definition) is 2. The molecule has 0 saturated carbocycles. The molecule has 4 rings (SSSR count). The van der Waals surface area contributed by atoms with E-state index in [2.05, 4.69) is 41.7 Å². The van der Waals surface area contributed by atoms with Crippen LogP contribution < -0.4 is 15.4 Å². The molecule has 0 unspecified atom stereocenters. The van der Waals surface area contributed by atoms with Crippen LogP contribution in [0.4, 0.5) is 11.4 Å². The summed E-state index contributed by atoms with van der Waals surface area (Å²) >= 11 is 0. The van der Waals surface area contributed by atoms with Crippen molar-refractivity contribution in [3.8, 4) is 5.75 Å². The average Bonchev–Trinajstić information content (AvgIpc) is 3.47. The minimum atomic E-state index is -0.400. The number of anilines is 2. The summed E-state index contributed by atoms with van der Waals surface area (Å²) < 4.78 is 13.3. The number of nitrogens with one attached hydrogen (secondary N) is 2. The molecule has 0 aliphatic rings. The summed E-state index contributed by atoms with van der Waals surface area (Å²) in [7, 11) is 1.74. The first-order chi connectivity index (χ1) is 16.8. The lowest BCUT2D eigenvalue weighted by Gasteiger charge is -2.14. The molecule has 0 fully saturated rings. The van der Waals surface area contributed by atoms with E-state index in [4.69, 9.17) is 9.15 Å². The van der Waals surface area contributed by atoms with Gasteiger partial charge in [0, 0.05) is 24.6 Å². The number of benzene rings is 2. The van der Waals surface area contributed by atoms with Gasteiger partial charge in [-0.3, -0.25) is 14.3 Å². The van der Waals surface area contributed by atoms with Gasteiger partial charge in [0.25, 0.3) is 11.8 Å². The Kier molecular flexibility index (Phi) is 7.01. The first-order valence-corrected chi connectivity index (χ1v) is 11.3. The minimum Gasteiger partial charge on any atom is -0.485 e. The van der Waals surface area contributed by atoms with Crippen molar-refractivity contribution >= 4 is 23.2 Å². The smallest absolute Gasteiger partial charge is 0.291 e. The van der Waals surface area contributed by atoms with Gasteiger partial charge in [-0.2, -0.15) is 5.10 Å². The van der Waals surface area contributed by atoms with Crippen molar-refractivity contribution in [1.82, 2.24) is 9.78 Å². The Bertz CT molecular complexity index is 1350. The van der Waals surface area contributed by atoms with Crippen LogP contribution in [0.1, 0.15) is 57.7 Å². The van der Waals surface area contributed by atoms with Crippen LogP contribution in [0, 0.1) is 6.92 Å². The second-order valence-electron chi connectivity index (χ2n) is 8.61. The van der Waals surface area contributed by atoms with Crippen LogP contribution in [-0.2, 0) is 13.7 Å². The number of rotatable bonds is 8. The lowest BCUT2D eigenvalue weighted by atomic mass is 10.0. The zero-order valence-electron chi connectivity index (χ0n) is 20.2. The minimum absolute atomic E-state index is 0.167. The van der Waals surface area contributed by atoms with E-state index in [9.17, 15) is 9.59 Å². The Morgan fingerprint density at radius 2 is 1.74 bits per heavy atom. The third-order valence-corrected chi connectivity index (χ3v) is 5.37. The molecule has 0 radical (unpaired) electrons. The summed E-state index contributed by atoms with van der Waals surface area (Å²) in [6.45, 7) is 6.47. The molecule has 2 N–H and O–H groups in total. The van der Waals surface area contributed by atoms with Crippen LogP contribution in [0.25, 0.3) is 0 Å². The van der Waals surface area contributed by atoms with Crippen LogP contribution in [0.3, 0.4) is 0 Å². The third kappa shape index (κ3) is 5.97. The number of carbonyl (C=O) groups excluding carboxylic acids is 2. The number of hydrogen-bond acceptors (Lipinski definition) is 5. The Hall–Kier alpha value is -4.33. The number of amides is 2. The number of aromatic nitrogens is 2. The zero-order valence-corrected chi connectivity index (χ0v) is 20.2. The molecular weight excluding hydrogens is 444 g/mol. The van der Waals surface area contributed by atoms with E-state index in [1.165, 1.54) is 0 Å². The largest absolute Gasteiger partial charge is 0.485 e. The van der Waals surface area contributed by atoms with Crippen molar-refractivity contribution in [3.05, 3.63) is 95.2 Å². The van der Waals surface area contributed by atoms with Crippen molar-refractivity contribution in [2.24, 2.45) is 7.05 Å². The molecule has 180 valence electrons. The molecule has 0 bridgehead atoms. The summed E-state index contributed by atoms with van der Waals surface area (Å²) in [5.74, 6) is 1.12. The van der Waals surface area contributed by atoms with Gasteiger partial charge in [-0.1, -0.05) is 32.0 Å². The van der Waals surface area contributed by atoms with Gasteiger partial charge in [0.2, 0.25) is 0 Å². The lowest BCUT2D eigenvalue weighted by Crippen LogP contribution is -2.14. The average molecular weight is 473 g/mol. The predicted molar refractivity (Wildman–Crippen MR) is 134 cm³/mol. The van der Waals surface area contributed by atoms with Crippen molar-refractivity contribution < 1.29 is 18.7 Å². The molecule has 35 heavy (non-hydrogen) atoms. The molecule has 0 aliphatic carbocycles. The van der Waals surface area contributed by atoms with Gasteiger partial charge in [0.1, 0.15) is 18.1 Å². The molecule has 2 amide bonds. The van der Waals surface area contributed by atoms with Crippen molar-refractivity contribution in [2.75, 3.05) is 10.6 Å². The second kappa shape index (κ2) is 10.3. The first kappa shape index (κ1) is 23.8. The van der Waals surface area contributed by atoms with Crippen molar-refractivity contribution in [3.63, 3.8) is 0 Å². The summed E-state index contributed by atoms with van der Waals surface area (Å²) in [6.07, 6.45) is 1.69. The van der Waals surface area contributed by atoms with Crippen LogP contribution in [0.15, 0.2) is 71.3 Å². The molecule has 8 nitrogen and oxygen atoms in total. The molecule has 0 spiro atoms. The Balaban J connectivity index is 1.37. The number of nitrogens with zero attached hydrogens (tertiary/aromatic N) is 2. The van der Waals surface area contributed by atoms with Crippen molar-refractivity contribution in [1.29, 1.82) is 0 Å². The van der Waals surface area contributed by atoms with E-state index >= 15 is 0 Å². The normalized spacial score (nSPS) is 10.9.